The SMILES string of the molecule is Cc1cc([C@@H]2[C@H](c3ccccn3)NC(=S)N2c2ccc(N(C)C)cc2)c(C)n1-c1cccc(C(F)(F)F)c1. The Labute approximate surface area is 225 Å². The van der Waals surface area contributed by atoms with Crippen LogP contribution in [0.1, 0.15) is 40.3 Å². The molecule has 0 aliphatic carbocycles. The van der Waals surface area contributed by atoms with Crippen molar-refractivity contribution in [1.82, 2.24) is 14.9 Å². The average Bonchev–Trinajstić information content (AvgIpc) is 3.39. The standard InChI is InChI=1S/C29H28F3N5S/c1-18-16-24(19(2)36(18)23-9-7-8-20(17-23)29(30,31)32)27-26(25-10-5-6-15-33-25)34-28(38)37(27)22-13-11-21(12-14-22)35(3)4/h5-17,26-27H,1-4H3,(H,34,38)/t26-,27+/m0/s1. The summed E-state index contributed by atoms with van der Waals surface area (Å²) >= 11 is 5.84. The zero-order valence-corrected chi connectivity index (χ0v) is 22.3. The van der Waals surface area contributed by atoms with Gasteiger partial charge in [0.2, 0.25) is 0 Å². The Kier molecular flexibility index (Phi) is 6.65. The predicted octanol–water partition coefficient (Wildman–Crippen LogP) is 6.75. The number of anilines is 2. The highest BCUT2D eigenvalue weighted by Crippen LogP contribution is 2.44. The first-order valence-electron chi connectivity index (χ1n) is 12.2. The van der Waals surface area contributed by atoms with Crippen LogP contribution < -0.4 is 15.1 Å². The molecule has 1 fully saturated rings. The van der Waals surface area contributed by atoms with Gasteiger partial charge >= 0.3 is 6.18 Å². The molecule has 3 heterocycles. The summed E-state index contributed by atoms with van der Waals surface area (Å²) in [5.74, 6) is 0. The van der Waals surface area contributed by atoms with Gasteiger partial charge in [-0.3, -0.25) is 4.98 Å². The molecule has 9 heteroatoms. The lowest BCUT2D eigenvalue weighted by Crippen LogP contribution is -2.29. The molecule has 1 aliphatic heterocycles. The summed E-state index contributed by atoms with van der Waals surface area (Å²) in [4.78, 5) is 8.71. The Balaban J connectivity index is 1.65. The van der Waals surface area contributed by atoms with Crippen LogP contribution in [0, 0.1) is 13.8 Å². The van der Waals surface area contributed by atoms with Crippen LogP contribution in [-0.2, 0) is 6.18 Å². The number of rotatable bonds is 5. The minimum atomic E-state index is -4.42. The maximum Gasteiger partial charge on any atom is 0.416 e. The number of benzene rings is 2. The maximum absolute atomic E-state index is 13.5. The van der Waals surface area contributed by atoms with Crippen LogP contribution in [0.5, 0.6) is 0 Å². The molecule has 1 N–H and O–H groups in total. The van der Waals surface area contributed by atoms with Gasteiger partial charge in [-0.1, -0.05) is 12.1 Å². The van der Waals surface area contributed by atoms with Gasteiger partial charge in [0, 0.05) is 48.7 Å². The Hall–Kier alpha value is -3.85. The van der Waals surface area contributed by atoms with Crippen LogP contribution in [0.25, 0.3) is 5.69 Å². The van der Waals surface area contributed by atoms with Crippen molar-refractivity contribution in [1.29, 1.82) is 0 Å². The largest absolute Gasteiger partial charge is 0.416 e. The van der Waals surface area contributed by atoms with Crippen molar-refractivity contribution < 1.29 is 13.2 Å². The van der Waals surface area contributed by atoms with E-state index in [1.165, 1.54) is 12.1 Å². The minimum absolute atomic E-state index is 0.257. The first kappa shape index (κ1) is 25.8. The van der Waals surface area contributed by atoms with Crippen molar-refractivity contribution in [2.75, 3.05) is 23.9 Å². The Morgan fingerprint density at radius 3 is 2.29 bits per heavy atom. The second-order valence-electron chi connectivity index (χ2n) is 9.62. The smallest absolute Gasteiger partial charge is 0.378 e. The number of hydrogen-bond acceptors (Lipinski definition) is 3. The van der Waals surface area contributed by atoms with Crippen LogP contribution in [0.4, 0.5) is 24.5 Å². The fourth-order valence-corrected chi connectivity index (χ4v) is 5.51. The molecule has 0 radical (unpaired) electrons. The Morgan fingerprint density at radius 1 is 0.921 bits per heavy atom. The number of aryl methyl sites for hydroxylation is 1. The van der Waals surface area contributed by atoms with Gasteiger partial charge < -0.3 is 19.7 Å². The van der Waals surface area contributed by atoms with E-state index in [-0.39, 0.29) is 12.1 Å². The normalized spacial score (nSPS) is 17.6. The lowest BCUT2D eigenvalue weighted by atomic mass is 9.96. The molecule has 38 heavy (non-hydrogen) atoms. The number of pyridine rings is 1. The molecular weight excluding hydrogens is 507 g/mol. The molecule has 5 rings (SSSR count). The molecule has 0 unspecified atom stereocenters. The summed E-state index contributed by atoms with van der Waals surface area (Å²) in [5.41, 5.74) is 5.22. The first-order chi connectivity index (χ1) is 18.1. The molecule has 196 valence electrons. The second kappa shape index (κ2) is 9.79. The summed E-state index contributed by atoms with van der Waals surface area (Å²) < 4.78 is 42.3. The molecule has 2 atom stereocenters. The summed E-state index contributed by atoms with van der Waals surface area (Å²) in [6, 6.07) is 20.8. The van der Waals surface area contributed by atoms with Gasteiger partial charge in [-0.25, -0.2) is 0 Å². The van der Waals surface area contributed by atoms with Crippen molar-refractivity contribution in [2.24, 2.45) is 0 Å². The zero-order valence-electron chi connectivity index (χ0n) is 21.5. The molecule has 5 nitrogen and oxygen atoms in total. The highest BCUT2D eigenvalue weighted by atomic mass is 32.1. The van der Waals surface area contributed by atoms with Gasteiger partial charge in [0.05, 0.1) is 23.3 Å². The quantitative estimate of drug-likeness (QED) is 0.286. The van der Waals surface area contributed by atoms with Gasteiger partial charge in [-0.2, -0.15) is 13.2 Å². The first-order valence-corrected chi connectivity index (χ1v) is 12.6. The third kappa shape index (κ3) is 4.62. The highest BCUT2D eigenvalue weighted by Gasteiger charge is 2.42. The maximum atomic E-state index is 13.5. The van der Waals surface area contributed by atoms with E-state index in [0.717, 1.165) is 40.1 Å². The number of halogens is 3. The van der Waals surface area contributed by atoms with E-state index in [4.69, 9.17) is 12.2 Å². The van der Waals surface area contributed by atoms with Crippen molar-refractivity contribution in [3.8, 4) is 5.69 Å². The molecule has 0 bridgehead atoms. The molecule has 4 aromatic rings. The lowest BCUT2D eigenvalue weighted by molar-refractivity contribution is -0.137. The molecule has 0 spiro atoms. The molecule has 1 saturated heterocycles. The van der Waals surface area contributed by atoms with E-state index in [0.29, 0.717) is 10.8 Å². The van der Waals surface area contributed by atoms with Gasteiger partial charge in [0.15, 0.2) is 5.11 Å². The molecule has 0 saturated carbocycles. The fraction of sp³-hybridized carbons (Fsp3) is 0.241. The van der Waals surface area contributed by atoms with Gasteiger partial charge in [-0.15, -0.1) is 0 Å². The number of nitrogens with one attached hydrogen (secondary N) is 1. The molecule has 2 aromatic carbocycles. The number of alkyl halides is 3. The predicted molar refractivity (Wildman–Crippen MR) is 149 cm³/mol. The van der Waals surface area contributed by atoms with Crippen LogP contribution >= 0.6 is 12.2 Å². The van der Waals surface area contributed by atoms with Crippen molar-refractivity contribution in [3.05, 3.63) is 107 Å². The summed E-state index contributed by atoms with van der Waals surface area (Å²) in [6.45, 7) is 3.84. The van der Waals surface area contributed by atoms with E-state index in [1.54, 1.807) is 12.3 Å². The average molecular weight is 536 g/mol. The topological polar surface area (TPSA) is 36.3 Å². The van der Waals surface area contributed by atoms with E-state index < -0.39 is 11.7 Å². The Morgan fingerprint density at radius 2 is 1.66 bits per heavy atom. The molecule has 1 aliphatic rings. The molecule has 0 amide bonds. The van der Waals surface area contributed by atoms with E-state index in [9.17, 15) is 13.2 Å². The monoisotopic (exact) mass is 535 g/mol. The minimum Gasteiger partial charge on any atom is -0.378 e. The van der Waals surface area contributed by atoms with E-state index in [1.807, 2.05) is 85.9 Å². The Bertz CT molecular complexity index is 1460. The fourth-order valence-electron chi connectivity index (χ4n) is 5.17. The lowest BCUT2D eigenvalue weighted by Gasteiger charge is -2.28. The summed E-state index contributed by atoms with van der Waals surface area (Å²) in [7, 11) is 3.97. The third-order valence-electron chi connectivity index (χ3n) is 6.96. The van der Waals surface area contributed by atoms with Gasteiger partial charge in [0.25, 0.3) is 0 Å². The zero-order chi connectivity index (χ0) is 27.2. The van der Waals surface area contributed by atoms with Gasteiger partial charge in [-0.05, 0) is 92.3 Å². The molecular formula is C29H28F3N5S. The van der Waals surface area contributed by atoms with E-state index >= 15 is 0 Å². The number of aromatic nitrogens is 2. The van der Waals surface area contributed by atoms with Crippen LogP contribution in [0.3, 0.4) is 0 Å². The number of nitrogens with zero attached hydrogens (tertiary/aromatic N) is 4. The van der Waals surface area contributed by atoms with Crippen LogP contribution in [0.2, 0.25) is 0 Å². The summed E-state index contributed by atoms with van der Waals surface area (Å²) in [6.07, 6.45) is -2.67. The van der Waals surface area contributed by atoms with Crippen molar-refractivity contribution >= 4 is 28.7 Å². The number of thiocarbonyl (C=S) groups is 1. The van der Waals surface area contributed by atoms with Crippen LogP contribution in [0.15, 0.2) is 79.0 Å². The van der Waals surface area contributed by atoms with E-state index in [2.05, 4.69) is 15.2 Å². The molecule has 2 aromatic heterocycles. The van der Waals surface area contributed by atoms with Crippen LogP contribution in [-0.4, -0.2) is 28.8 Å². The van der Waals surface area contributed by atoms with Gasteiger partial charge in [0.1, 0.15) is 0 Å². The van der Waals surface area contributed by atoms with Crippen molar-refractivity contribution in [3.63, 3.8) is 0 Å². The highest BCUT2D eigenvalue weighted by molar-refractivity contribution is 7.80. The third-order valence-corrected chi connectivity index (χ3v) is 7.28. The summed E-state index contributed by atoms with van der Waals surface area (Å²) in [5, 5.41) is 4.02. The second-order valence-corrected chi connectivity index (χ2v) is 10.0. The number of hydrogen-bond donors (Lipinski definition) is 1. The van der Waals surface area contributed by atoms with Crippen molar-refractivity contribution in [2.45, 2.75) is 32.1 Å².